The summed E-state index contributed by atoms with van der Waals surface area (Å²) in [6.45, 7) is 1.54. The van der Waals surface area contributed by atoms with Crippen LogP contribution in [0.2, 0.25) is 0 Å². The quantitative estimate of drug-likeness (QED) is 0.583. The van der Waals surface area contributed by atoms with Crippen molar-refractivity contribution in [3.63, 3.8) is 0 Å². The molecule has 11 heteroatoms. The first kappa shape index (κ1) is 22.1. The maximum atomic E-state index is 13.9. The molecule has 2 aromatic heterocycles. The third-order valence-corrected chi connectivity index (χ3v) is 5.28. The minimum absolute atomic E-state index is 0.0726. The van der Waals surface area contributed by atoms with Crippen LogP contribution in [-0.4, -0.2) is 31.8 Å². The van der Waals surface area contributed by atoms with Crippen LogP contribution in [0.1, 0.15) is 18.5 Å². The van der Waals surface area contributed by atoms with E-state index in [9.17, 15) is 18.4 Å². The molecule has 0 saturated heterocycles. The number of amides is 1. The Morgan fingerprint density at radius 1 is 1.17 bits per heavy atom. The number of carbonyl (C=O) groups excluding carboxylic acids is 1. The Kier molecular flexibility index (Phi) is 6.95. The molecule has 0 saturated carbocycles. The monoisotopic (exact) mass is 449 g/mol. The number of aromatic nitrogens is 4. The molecule has 0 spiro atoms. The molecule has 0 bridgehead atoms. The van der Waals surface area contributed by atoms with Gasteiger partial charge in [-0.05, 0) is 35.2 Å². The summed E-state index contributed by atoms with van der Waals surface area (Å²) in [6.07, 6.45) is 2.48. The average molecular weight is 449 g/mol. The molecule has 3 rings (SSSR count). The second-order valence-corrected chi connectivity index (χ2v) is 7.76. The zero-order valence-electron chi connectivity index (χ0n) is 16.0. The molecule has 7 nitrogen and oxygen atoms in total. The molecule has 3 atom stereocenters. The second kappa shape index (κ2) is 9.45. The minimum atomic E-state index is -0.636. The van der Waals surface area contributed by atoms with Crippen LogP contribution in [0.3, 0.4) is 0 Å². The van der Waals surface area contributed by atoms with Gasteiger partial charge in [0.25, 0.3) is 5.56 Å². The van der Waals surface area contributed by atoms with Crippen LogP contribution in [0, 0.1) is 11.6 Å². The fourth-order valence-electron chi connectivity index (χ4n) is 2.77. The van der Waals surface area contributed by atoms with Crippen LogP contribution in [0.5, 0.6) is 0 Å². The summed E-state index contributed by atoms with van der Waals surface area (Å²) in [7, 11) is 5.03. The SMILES string of the molecule is CC(CP)c1nn(CC(=O)Nc2ncc(F)cn2)c(=O)cc1-c1cc(F)cc(P)c1. The molecule has 0 radical (unpaired) electrons. The molecule has 0 fully saturated rings. The molecule has 156 valence electrons. The number of anilines is 1. The van der Waals surface area contributed by atoms with Crippen molar-refractivity contribution in [1.82, 2.24) is 19.7 Å². The van der Waals surface area contributed by atoms with E-state index in [-0.39, 0.29) is 18.4 Å². The lowest BCUT2D eigenvalue weighted by atomic mass is 9.98. The maximum absolute atomic E-state index is 13.9. The van der Waals surface area contributed by atoms with Crippen LogP contribution in [0.4, 0.5) is 14.7 Å². The predicted molar refractivity (Wildman–Crippen MR) is 117 cm³/mol. The molecule has 2 heterocycles. The number of halogens is 2. The van der Waals surface area contributed by atoms with Gasteiger partial charge in [0.15, 0.2) is 5.82 Å². The standard InChI is InChI=1S/C19H19F2N5O2P2/c1-10(9-29)18-15(11-2-12(20)4-14(30)3-11)5-17(28)26(25-18)8-16(27)24-19-22-6-13(21)7-23-19/h2-7,10H,8-9,29-30H2,1H3,(H,22,23,24,27). The van der Waals surface area contributed by atoms with E-state index in [0.717, 1.165) is 17.1 Å². The molecule has 3 unspecified atom stereocenters. The molecule has 0 aliphatic carbocycles. The summed E-state index contributed by atoms with van der Waals surface area (Å²) >= 11 is 0. The van der Waals surface area contributed by atoms with Crippen molar-refractivity contribution >= 4 is 35.6 Å². The van der Waals surface area contributed by atoms with Crippen LogP contribution < -0.4 is 16.2 Å². The number of rotatable bonds is 6. The lowest BCUT2D eigenvalue weighted by Gasteiger charge is -2.16. The van der Waals surface area contributed by atoms with Crippen molar-refractivity contribution in [2.45, 2.75) is 19.4 Å². The highest BCUT2D eigenvalue weighted by Crippen LogP contribution is 2.28. The Balaban J connectivity index is 1.95. The fourth-order valence-corrected chi connectivity index (χ4v) is 3.33. The van der Waals surface area contributed by atoms with E-state index in [2.05, 4.69) is 38.9 Å². The Morgan fingerprint density at radius 2 is 1.87 bits per heavy atom. The van der Waals surface area contributed by atoms with Gasteiger partial charge in [0.1, 0.15) is 12.4 Å². The third-order valence-electron chi connectivity index (χ3n) is 4.24. The van der Waals surface area contributed by atoms with E-state index in [0.29, 0.717) is 28.3 Å². The van der Waals surface area contributed by atoms with E-state index >= 15 is 0 Å². The molecule has 3 aromatic rings. The Morgan fingerprint density at radius 3 is 2.50 bits per heavy atom. The zero-order chi connectivity index (χ0) is 21.8. The first-order valence-corrected chi connectivity index (χ1v) is 10.3. The van der Waals surface area contributed by atoms with Gasteiger partial charge < -0.3 is 0 Å². The number of hydrogen-bond acceptors (Lipinski definition) is 5. The van der Waals surface area contributed by atoms with Crippen molar-refractivity contribution in [3.05, 3.63) is 64.3 Å². The Labute approximate surface area is 175 Å². The highest BCUT2D eigenvalue weighted by molar-refractivity contribution is 7.27. The number of nitrogens with zero attached hydrogens (tertiary/aromatic N) is 4. The van der Waals surface area contributed by atoms with Gasteiger partial charge in [-0.1, -0.05) is 6.92 Å². The summed E-state index contributed by atoms with van der Waals surface area (Å²) in [6, 6.07) is 5.79. The van der Waals surface area contributed by atoms with Gasteiger partial charge >= 0.3 is 0 Å². The molecule has 1 amide bonds. The van der Waals surface area contributed by atoms with Gasteiger partial charge in [-0.2, -0.15) is 5.10 Å². The normalized spacial score (nSPS) is 11.9. The summed E-state index contributed by atoms with van der Waals surface area (Å²) in [4.78, 5) is 32.2. The molecule has 30 heavy (non-hydrogen) atoms. The second-order valence-electron chi connectivity index (χ2n) is 6.62. The van der Waals surface area contributed by atoms with Gasteiger partial charge in [-0.15, -0.1) is 18.5 Å². The third kappa shape index (κ3) is 5.29. The van der Waals surface area contributed by atoms with Crippen molar-refractivity contribution in [2.24, 2.45) is 0 Å². The van der Waals surface area contributed by atoms with Gasteiger partial charge in [0, 0.05) is 17.5 Å². The fraction of sp³-hybridized carbons (Fsp3) is 0.211. The van der Waals surface area contributed by atoms with E-state index in [4.69, 9.17) is 0 Å². The van der Waals surface area contributed by atoms with Gasteiger partial charge in [0.2, 0.25) is 11.9 Å². The van der Waals surface area contributed by atoms with Crippen LogP contribution >= 0.6 is 18.5 Å². The lowest BCUT2D eigenvalue weighted by molar-refractivity contribution is -0.117. The van der Waals surface area contributed by atoms with Gasteiger partial charge in [-0.3, -0.25) is 14.9 Å². The predicted octanol–water partition coefficient (Wildman–Crippen LogP) is 2.10. The van der Waals surface area contributed by atoms with E-state index < -0.39 is 23.1 Å². The van der Waals surface area contributed by atoms with E-state index in [1.54, 1.807) is 6.07 Å². The van der Waals surface area contributed by atoms with Crippen molar-refractivity contribution in [3.8, 4) is 11.1 Å². The summed E-state index contributed by atoms with van der Waals surface area (Å²) in [5.41, 5.74) is 1.08. The van der Waals surface area contributed by atoms with Gasteiger partial charge in [0.05, 0.1) is 18.1 Å². The molecule has 1 aromatic carbocycles. The first-order chi connectivity index (χ1) is 14.3. The van der Waals surface area contributed by atoms with Crippen molar-refractivity contribution in [1.29, 1.82) is 0 Å². The minimum Gasteiger partial charge on any atom is -0.293 e. The van der Waals surface area contributed by atoms with Crippen molar-refractivity contribution < 1.29 is 13.6 Å². The molecule has 1 N–H and O–H groups in total. The smallest absolute Gasteiger partial charge is 0.267 e. The highest BCUT2D eigenvalue weighted by atomic mass is 31.0. The Bertz CT molecular complexity index is 1120. The first-order valence-electron chi connectivity index (χ1n) is 8.92. The summed E-state index contributed by atoms with van der Waals surface area (Å²) in [5, 5.41) is 7.40. The maximum Gasteiger partial charge on any atom is 0.267 e. The Hall–Kier alpha value is -2.63. The molecule has 0 aliphatic heterocycles. The van der Waals surface area contributed by atoms with Gasteiger partial charge in [-0.25, -0.2) is 23.4 Å². The van der Waals surface area contributed by atoms with Crippen molar-refractivity contribution in [2.75, 3.05) is 11.5 Å². The number of benzene rings is 1. The largest absolute Gasteiger partial charge is 0.293 e. The number of nitrogens with one attached hydrogen (secondary N) is 1. The van der Waals surface area contributed by atoms with Crippen LogP contribution in [0.15, 0.2) is 41.5 Å². The number of carbonyl (C=O) groups is 1. The summed E-state index contributed by atoms with van der Waals surface area (Å²) in [5.74, 6) is -1.81. The van der Waals surface area contributed by atoms with E-state index in [1.165, 1.54) is 18.2 Å². The highest BCUT2D eigenvalue weighted by Gasteiger charge is 2.18. The average Bonchev–Trinajstić information content (AvgIpc) is 2.69. The van der Waals surface area contributed by atoms with Crippen LogP contribution in [0.25, 0.3) is 11.1 Å². The van der Waals surface area contributed by atoms with E-state index in [1.807, 2.05) is 6.92 Å². The zero-order valence-corrected chi connectivity index (χ0v) is 18.3. The molecule has 0 aliphatic rings. The summed E-state index contributed by atoms with van der Waals surface area (Å²) < 4.78 is 27.8. The molecular formula is C19H19F2N5O2P2. The number of hydrogen-bond donors (Lipinski definition) is 1. The molecular weight excluding hydrogens is 430 g/mol. The topological polar surface area (TPSA) is 89.8 Å². The lowest BCUT2D eigenvalue weighted by Crippen LogP contribution is -2.31. The van der Waals surface area contributed by atoms with Crippen LogP contribution in [-0.2, 0) is 11.3 Å².